The number of hydrogen-bond donors (Lipinski definition) is 3. The molecule has 0 fully saturated rings. The summed E-state index contributed by atoms with van der Waals surface area (Å²) in [4.78, 5) is 16.0. The van der Waals surface area contributed by atoms with Gasteiger partial charge in [-0.05, 0) is 39.8 Å². The third-order valence-electron chi connectivity index (χ3n) is 2.25. The summed E-state index contributed by atoms with van der Waals surface area (Å²) in [6.45, 7) is 9.97. The Morgan fingerprint density at radius 3 is 2.65 bits per heavy atom. The van der Waals surface area contributed by atoms with Crippen LogP contribution in [0, 0.1) is 0 Å². The molecule has 6 nitrogen and oxygen atoms in total. The lowest BCUT2D eigenvalue weighted by Gasteiger charge is -2.23. The fourth-order valence-electron chi connectivity index (χ4n) is 1.49. The zero-order valence-corrected chi connectivity index (χ0v) is 12.6. The summed E-state index contributed by atoms with van der Waals surface area (Å²) in [5.74, 6) is 0.833. The fourth-order valence-corrected chi connectivity index (χ4v) is 1.49. The van der Waals surface area contributed by atoms with Crippen molar-refractivity contribution in [3.05, 3.63) is 24.2 Å². The van der Waals surface area contributed by atoms with E-state index in [-0.39, 0.29) is 11.4 Å². The summed E-state index contributed by atoms with van der Waals surface area (Å²) in [6, 6.07) is 3.31. The van der Waals surface area contributed by atoms with Crippen LogP contribution in [0.2, 0.25) is 0 Å². The lowest BCUT2D eigenvalue weighted by Crippen LogP contribution is -2.47. The van der Waals surface area contributed by atoms with E-state index in [4.69, 9.17) is 4.42 Å². The molecule has 1 amide bonds. The average molecular weight is 280 g/mol. The van der Waals surface area contributed by atoms with E-state index >= 15 is 0 Å². The van der Waals surface area contributed by atoms with Gasteiger partial charge in [0, 0.05) is 18.6 Å². The zero-order chi connectivity index (χ0) is 15.0. The molecule has 0 radical (unpaired) electrons. The van der Waals surface area contributed by atoms with Crippen molar-refractivity contribution in [3.63, 3.8) is 0 Å². The molecule has 0 saturated carbocycles. The molecule has 20 heavy (non-hydrogen) atoms. The summed E-state index contributed by atoms with van der Waals surface area (Å²) in [7, 11) is 0. The Bertz CT molecular complexity index is 433. The number of hydrogen-bond acceptors (Lipinski definition) is 3. The van der Waals surface area contributed by atoms with Crippen LogP contribution in [0.25, 0.3) is 0 Å². The van der Waals surface area contributed by atoms with E-state index in [9.17, 15) is 4.79 Å². The van der Waals surface area contributed by atoms with Gasteiger partial charge in [0.15, 0.2) is 11.7 Å². The molecule has 0 spiro atoms. The van der Waals surface area contributed by atoms with Crippen LogP contribution in [0.1, 0.15) is 38.2 Å². The molecule has 6 heteroatoms. The summed E-state index contributed by atoms with van der Waals surface area (Å²) >= 11 is 0. The molecule has 0 unspecified atom stereocenters. The van der Waals surface area contributed by atoms with Crippen LogP contribution in [-0.2, 0) is 0 Å². The lowest BCUT2D eigenvalue weighted by atomic mass is 10.1. The van der Waals surface area contributed by atoms with Crippen molar-refractivity contribution in [2.45, 2.75) is 33.2 Å². The van der Waals surface area contributed by atoms with Crippen LogP contribution >= 0.6 is 0 Å². The van der Waals surface area contributed by atoms with Crippen molar-refractivity contribution < 1.29 is 9.21 Å². The predicted molar refractivity (Wildman–Crippen MR) is 79.9 cm³/mol. The van der Waals surface area contributed by atoms with Gasteiger partial charge in [-0.15, -0.1) is 0 Å². The molecule has 0 aromatic carbocycles. The highest BCUT2D eigenvalue weighted by atomic mass is 16.3. The summed E-state index contributed by atoms with van der Waals surface area (Å²) < 4.78 is 5.01. The molecule has 0 saturated heterocycles. The van der Waals surface area contributed by atoms with Crippen LogP contribution in [0.15, 0.2) is 27.8 Å². The number of amides is 1. The summed E-state index contributed by atoms with van der Waals surface area (Å²) in [5, 5.41) is 9.19. The molecule has 0 atom stereocenters. The number of furan rings is 1. The third kappa shape index (κ3) is 6.26. The number of carbonyl (C=O) groups is 1. The largest absolute Gasteiger partial charge is 0.459 e. The van der Waals surface area contributed by atoms with E-state index in [1.54, 1.807) is 12.1 Å². The minimum atomic E-state index is -0.223. The van der Waals surface area contributed by atoms with Crippen LogP contribution in [0.4, 0.5) is 0 Å². The molecule has 1 rings (SSSR count). The Hall–Kier alpha value is -1.98. The van der Waals surface area contributed by atoms with E-state index in [1.165, 1.54) is 6.26 Å². The van der Waals surface area contributed by atoms with E-state index in [0.29, 0.717) is 18.8 Å². The Kier molecular flexibility index (Phi) is 6.09. The van der Waals surface area contributed by atoms with E-state index in [1.807, 2.05) is 6.92 Å². The normalized spacial score (nSPS) is 12.1. The smallest absolute Gasteiger partial charge is 0.287 e. The minimum Gasteiger partial charge on any atom is -0.459 e. The number of nitrogens with one attached hydrogen (secondary N) is 3. The van der Waals surface area contributed by atoms with Gasteiger partial charge in [0.25, 0.3) is 5.91 Å². The van der Waals surface area contributed by atoms with Crippen molar-refractivity contribution >= 4 is 11.9 Å². The third-order valence-corrected chi connectivity index (χ3v) is 2.25. The molecule has 0 aliphatic heterocycles. The molecule has 1 heterocycles. The van der Waals surface area contributed by atoms with Crippen LogP contribution < -0.4 is 16.0 Å². The number of nitrogens with zero attached hydrogens (tertiary/aromatic N) is 1. The van der Waals surface area contributed by atoms with Gasteiger partial charge in [-0.25, -0.2) is 0 Å². The Morgan fingerprint density at radius 2 is 2.10 bits per heavy atom. The van der Waals surface area contributed by atoms with Crippen LogP contribution in [0.5, 0.6) is 0 Å². The molecule has 112 valence electrons. The zero-order valence-electron chi connectivity index (χ0n) is 12.6. The summed E-state index contributed by atoms with van der Waals surface area (Å²) in [5.41, 5.74) is -0.0571. The molecule has 0 aliphatic carbocycles. The van der Waals surface area contributed by atoms with E-state index < -0.39 is 0 Å². The Morgan fingerprint density at radius 1 is 1.35 bits per heavy atom. The van der Waals surface area contributed by atoms with Gasteiger partial charge >= 0.3 is 0 Å². The molecule has 1 aromatic heterocycles. The van der Waals surface area contributed by atoms with Gasteiger partial charge in [0.05, 0.1) is 12.8 Å². The minimum absolute atomic E-state index is 0.0571. The maximum Gasteiger partial charge on any atom is 0.287 e. The maximum absolute atomic E-state index is 11.6. The van der Waals surface area contributed by atoms with Crippen LogP contribution in [0.3, 0.4) is 0 Å². The molecular formula is C14H24N4O2. The quantitative estimate of drug-likeness (QED) is 0.432. The van der Waals surface area contributed by atoms with Gasteiger partial charge in [0.1, 0.15) is 0 Å². The molecule has 1 aromatic rings. The Balaban J connectivity index is 2.38. The fraction of sp³-hybridized carbons (Fsp3) is 0.571. The van der Waals surface area contributed by atoms with Gasteiger partial charge in [-0.2, -0.15) is 0 Å². The standard InChI is InChI=1S/C14H24N4O2/c1-5-15-13(18-14(2,3)4)17-9-8-16-12(19)11-7-6-10-20-11/h6-7,10H,5,8-9H2,1-4H3,(H,16,19)(H2,15,17,18). The number of carbonyl (C=O) groups excluding carboxylic acids is 1. The number of guanidine groups is 1. The van der Waals surface area contributed by atoms with Gasteiger partial charge in [-0.1, -0.05) is 0 Å². The molecule has 3 N–H and O–H groups in total. The van der Waals surface area contributed by atoms with Crippen molar-refractivity contribution in [2.75, 3.05) is 19.6 Å². The average Bonchev–Trinajstić information content (AvgIpc) is 2.86. The highest BCUT2D eigenvalue weighted by Gasteiger charge is 2.11. The number of aliphatic imine (C=N–C) groups is 1. The SMILES string of the molecule is CCNC(=NCCNC(=O)c1ccco1)NC(C)(C)C. The van der Waals surface area contributed by atoms with Gasteiger partial charge in [-0.3, -0.25) is 9.79 Å². The first-order valence-electron chi connectivity index (χ1n) is 6.80. The summed E-state index contributed by atoms with van der Waals surface area (Å²) in [6.07, 6.45) is 1.48. The second-order valence-electron chi connectivity index (χ2n) is 5.37. The second-order valence-corrected chi connectivity index (χ2v) is 5.37. The van der Waals surface area contributed by atoms with Crippen molar-refractivity contribution in [3.8, 4) is 0 Å². The highest BCUT2D eigenvalue weighted by molar-refractivity contribution is 5.91. The van der Waals surface area contributed by atoms with E-state index in [2.05, 4.69) is 41.7 Å². The van der Waals surface area contributed by atoms with E-state index in [0.717, 1.165) is 12.5 Å². The molecule has 0 bridgehead atoms. The topological polar surface area (TPSA) is 78.7 Å². The maximum atomic E-state index is 11.6. The van der Waals surface area contributed by atoms with Crippen molar-refractivity contribution in [1.82, 2.24) is 16.0 Å². The van der Waals surface area contributed by atoms with Crippen LogP contribution in [-0.4, -0.2) is 37.0 Å². The first kappa shape index (κ1) is 16.1. The molecule has 0 aliphatic rings. The highest BCUT2D eigenvalue weighted by Crippen LogP contribution is 1.99. The van der Waals surface area contributed by atoms with Gasteiger partial charge < -0.3 is 20.4 Å². The first-order valence-corrected chi connectivity index (χ1v) is 6.80. The van der Waals surface area contributed by atoms with Crippen molar-refractivity contribution in [2.24, 2.45) is 4.99 Å². The predicted octanol–water partition coefficient (Wildman–Crippen LogP) is 1.36. The number of rotatable bonds is 5. The monoisotopic (exact) mass is 280 g/mol. The second kappa shape index (κ2) is 7.57. The first-order chi connectivity index (χ1) is 9.42. The van der Waals surface area contributed by atoms with Gasteiger partial charge in [0.2, 0.25) is 0 Å². The van der Waals surface area contributed by atoms with Crippen molar-refractivity contribution in [1.29, 1.82) is 0 Å². The molecular weight excluding hydrogens is 256 g/mol. The Labute approximate surface area is 120 Å². The lowest BCUT2D eigenvalue weighted by molar-refractivity contribution is 0.0927.